The van der Waals surface area contributed by atoms with Crippen LogP contribution in [0.5, 0.6) is 0 Å². The maximum absolute atomic E-state index is 13.2. The van der Waals surface area contributed by atoms with Gasteiger partial charge in [-0.2, -0.15) is 0 Å². The quantitative estimate of drug-likeness (QED) is 0.870. The van der Waals surface area contributed by atoms with E-state index in [1.54, 1.807) is 13.3 Å². The van der Waals surface area contributed by atoms with Gasteiger partial charge in [0.1, 0.15) is 0 Å². The highest BCUT2D eigenvalue weighted by molar-refractivity contribution is 6.06. The molecule has 1 aromatic carbocycles. The summed E-state index contributed by atoms with van der Waals surface area (Å²) in [5.74, 6) is 0.0782. The maximum atomic E-state index is 13.2. The Kier molecular flexibility index (Phi) is 3.98. The third-order valence-electron chi connectivity index (χ3n) is 5.37. The van der Waals surface area contributed by atoms with Gasteiger partial charge in [-0.25, -0.2) is 0 Å². The second-order valence-corrected chi connectivity index (χ2v) is 6.80. The van der Waals surface area contributed by atoms with Crippen LogP contribution in [-0.4, -0.2) is 55.3 Å². The van der Waals surface area contributed by atoms with Crippen molar-refractivity contribution in [1.29, 1.82) is 0 Å². The number of amides is 1. The van der Waals surface area contributed by atoms with E-state index in [2.05, 4.69) is 4.98 Å². The molecule has 0 radical (unpaired) electrons. The van der Waals surface area contributed by atoms with Crippen LogP contribution in [-0.2, 0) is 9.47 Å². The molecule has 2 fully saturated rings. The first-order valence-corrected chi connectivity index (χ1v) is 8.47. The summed E-state index contributed by atoms with van der Waals surface area (Å²) in [5.41, 5.74) is 1.52. The van der Waals surface area contributed by atoms with Gasteiger partial charge in [0.2, 0.25) is 0 Å². The van der Waals surface area contributed by atoms with Crippen LogP contribution in [0, 0.1) is 5.41 Å². The first-order valence-electron chi connectivity index (χ1n) is 8.47. The van der Waals surface area contributed by atoms with E-state index in [0.29, 0.717) is 13.2 Å². The van der Waals surface area contributed by atoms with Gasteiger partial charge in [-0.1, -0.05) is 18.2 Å². The van der Waals surface area contributed by atoms with Gasteiger partial charge >= 0.3 is 0 Å². The minimum atomic E-state index is -0.0640. The number of pyridine rings is 1. The summed E-state index contributed by atoms with van der Waals surface area (Å²) >= 11 is 0. The van der Waals surface area contributed by atoms with Crippen LogP contribution in [0.15, 0.2) is 36.5 Å². The summed E-state index contributed by atoms with van der Waals surface area (Å²) in [5, 5.41) is 0.913. The topological polar surface area (TPSA) is 51.7 Å². The van der Waals surface area contributed by atoms with Crippen LogP contribution in [0.4, 0.5) is 0 Å². The largest absolute Gasteiger partial charge is 0.384 e. The minimum Gasteiger partial charge on any atom is -0.384 e. The van der Waals surface area contributed by atoms with Gasteiger partial charge in [0, 0.05) is 43.8 Å². The van der Waals surface area contributed by atoms with E-state index in [4.69, 9.17) is 9.47 Å². The van der Waals surface area contributed by atoms with Crippen molar-refractivity contribution in [3.63, 3.8) is 0 Å². The lowest BCUT2D eigenvalue weighted by Crippen LogP contribution is -2.53. The average molecular weight is 326 g/mol. The van der Waals surface area contributed by atoms with Gasteiger partial charge in [0.15, 0.2) is 0 Å². The lowest BCUT2D eigenvalue weighted by molar-refractivity contribution is -0.0468. The zero-order valence-corrected chi connectivity index (χ0v) is 13.9. The molecule has 2 aliphatic heterocycles. The molecule has 1 amide bonds. The van der Waals surface area contributed by atoms with Crippen LogP contribution < -0.4 is 0 Å². The Morgan fingerprint density at radius 2 is 2.29 bits per heavy atom. The summed E-state index contributed by atoms with van der Waals surface area (Å²) in [7, 11) is 1.72. The molecule has 3 heterocycles. The molecule has 1 aromatic heterocycles. The van der Waals surface area contributed by atoms with Crippen LogP contribution in [0.25, 0.3) is 10.9 Å². The number of methoxy groups -OCH3 is 1. The van der Waals surface area contributed by atoms with Crippen molar-refractivity contribution in [3.8, 4) is 0 Å². The summed E-state index contributed by atoms with van der Waals surface area (Å²) < 4.78 is 11.4. The summed E-state index contributed by atoms with van der Waals surface area (Å²) in [4.78, 5) is 19.5. The maximum Gasteiger partial charge on any atom is 0.254 e. The van der Waals surface area contributed by atoms with Gasteiger partial charge in [0.25, 0.3) is 5.91 Å². The molecule has 4 rings (SSSR count). The summed E-state index contributed by atoms with van der Waals surface area (Å²) in [6.45, 7) is 2.82. The number of hydrogen-bond acceptors (Lipinski definition) is 4. The number of aromatic nitrogens is 1. The molecular weight excluding hydrogens is 304 g/mol. The Labute approximate surface area is 141 Å². The fraction of sp³-hybridized carbons (Fsp3) is 0.474. The second kappa shape index (κ2) is 6.15. The number of carbonyl (C=O) groups is 1. The monoisotopic (exact) mass is 326 g/mol. The van der Waals surface area contributed by atoms with Gasteiger partial charge in [-0.15, -0.1) is 0 Å². The van der Waals surface area contributed by atoms with Crippen LogP contribution in [0.1, 0.15) is 23.2 Å². The number of rotatable bonds is 3. The third kappa shape index (κ3) is 2.48. The fourth-order valence-electron chi connectivity index (χ4n) is 4.17. The highest BCUT2D eigenvalue weighted by Gasteiger charge is 2.49. The standard InChI is InChI=1S/C19H22N2O3/c1-23-13-19-8-11-24-17(19)7-10-21(12-19)18(22)15-6-9-20-16-5-3-2-4-14(15)16/h2-6,9,17H,7-8,10-13H2,1H3/t17-,19+/m1/s1. The van der Waals surface area contributed by atoms with Gasteiger partial charge < -0.3 is 14.4 Å². The van der Waals surface area contributed by atoms with Gasteiger partial charge in [-0.3, -0.25) is 9.78 Å². The first kappa shape index (κ1) is 15.5. The van der Waals surface area contributed by atoms with Crippen molar-refractivity contribution in [2.45, 2.75) is 18.9 Å². The molecule has 2 saturated heterocycles. The highest BCUT2D eigenvalue weighted by atomic mass is 16.5. The number of likely N-dealkylation sites (tertiary alicyclic amines) is 1. The van der Waals surface area contributed by atoms with Crippen molar-refractivity contribution in [2.24, 2.45) is 5.41 Å². The molecule has 5 nitrogen and oxygen atoms in total. The van der Waals surface area contributed by atoms with E-state index in [1.165, 1.54) is 0 Å². The summed E-state index contributed by atoms with van der Waals surface area (Å²) in [6.07, 6.45) is 3.74. The molecule has 0 spiro atoms. The lowest BCUT2D eigenvalue weighted by Gasteiger charge is -2.43. The number of piperidine rings is 1. The second-order valence-electron chi connectivity index (χ2n) is 6.80. The molecule has 126 valence electrons. The lowest BCUT2D eigenvalue weighted by atomic mass is 9.77. The molecule has 2 atom stereocenters. The van der Waals surface area contributed by atoms with E-state index in [0.717, 1.165) is 42.5 Å². The van der Waals surface area contributed by atoms with E-state index in [1.807, 2.05) is 35.2 Å². The van der Waals surface area contributed by atoms with E-state index >= 15 is 0 Å². The van der Waals surface area contributed by atoms with Gasteiger partial charge in [0.05, 0.1) is 23.8 Å². The molecule has 2 aliphatic rings. The van der Waals surface area contributed by atoms with Gasteiger partial charge in [-0.05, 0) is 25.0 Å². The molecule has 0 N–H and O–H groups in total. The molecule has 0 unspecified atom stereocenters. The van der Waals surface area contributed by atoms with Crippen molar-refractivity contribution >= 4 is 16.8 Å². The molecule has 0 saturated carbocycles. The first-order chi connectivity index (χ1) is 11.7. The van der Waals surface area contributed by atoms with Crippen molar-refractivity contribution in [1.82, 2.24) is 9.88 Å². The number of para-hydroxylation sites is 1. The summed E-state index contributed by atoms with van der Waals surface area (Å²) in [6, 6.07) is 9.62. The predicted octanol–water partition coefficient (Wildman–Crippen LogP) is 2.50. The number of benzene rings is 1. The van der Waals surface area contributed by atoms with E-state index < -0.39 is 0 Å². The number of carbonyl (C=O) groups excluding carboxylic acids is 1. The Morgan fingerprint density at radius 3 is 3.17 bits per heavy atom. The number of fused-ring (bicyclic) bond motifs is 2. The van der Waals surface area contributed by atoms with Crippen molar-refractivity contribution in [2.75, 3.05) is 33.4 Å². The third-order valence-corrected chi connectivity index (χ3v) is 5.37. The molecule has 0 bridgehead atoms. The fourth-order valence-corrected chi connectivity index (χ4v) is 4.17. The molecular formula is C19H22N2O3. The van der Waals surface area contributed by atoms with Crippen LogP contribution in [0.2, 0.25) is 0 Å². The number of ether oxygens (including phenoxy) is 2. The average Bonchev–Trinajstić information content (AvgIpc) is 3.03. The Hall–Kier alpha value is -1.98. The molecule has 2 aromatic rings. The zero-order chi connectivity index (χ0) is 16.6. The van der Waals surface area contributed by atoms with E-state index in [-0.39, 0.29) is 17.4 Å². The smallest absolute Gasteiger partial charge is 0.254 e. The van der Waals surface area contributed by atoms with Crippen molar-refractivity contribution in [3.05, 3.63) is 42.1 Å². The highest BCUT2D eigenvalue weighted by Crippen LogP contribution is 2.41. The zero-order valence-electron chi connectivity index (χ0n) is 13.9. The van der Waals surface area contributed by atoms with E-state index in [9.17, 15) is 4.79 Å². The molecule has 24 heavy (non-hydrogen) atoms. The normalized spacial score (nSPS) is 26.5. The van der Waals surface area contributed by atoms with Crippen LogP contribution >= 0.6 is 0 Å². The predicted molar refractivity (Wildman–Crippen MR) is 90.9 cm³/mol. The SMILES string of the molecule is COC[C@@]12CCO[C@@H]1CCN(C(=O)c1ccnc3ccccc13)C2. The van der Waals surface area contributed by atoms with Crippen molar-refractivity contribution < 1.29 is 14.3 Å². The Bertz CT molecular complexity index is 758. The Balaban J connectivity index is 1.64. The number of nitrogens with zero attached hydrogens (tertiary/aromatic N) is 2. The molecule has 0 aliphatic carbocycles. The molecule has 5 heteroatoms. The Morgan fingerprint density at radius 1 is 1.42 bits per heavy atom. The number of hydrogen-bond donors (Lipinski definition) is 0. The minimum absolute atomic E-state index is 0.0640. The van der Waals surface area contributed by atoms with Crippen LogP contribution in [0.3, 0.4) is 0 Å².